The Balaban J connectivity index is 1.88. The Morgan fingerprint density at radius 3 is 2.86 bits per heavy atom. The van der Waals surface area contributed by atoms with Crippen LogP contribution in [0.2, 0.25) is 5.02 Å². The Labute approximate surface area is 133 Å². The molecular weight excluding hydrogens is 304 g/mol. The molecule has 1 amide bonds. The third-order valence-corrected chi connectivity index (χ3v) is 3.55. The fraction of sp³-hybridized carbons (Fsp3) is 0.250. The molecule has 6 heteroatoms. The normalized spacial score (nSPS) is 10.5. The summed E-state index contributed by atoms with van der Waals surface area (Å²) in [5.41, 5.74) is 1.17. The van der Waals surface area contributed by atoms with Crippen LogP contribution in [0.4, 0.5) is 0 Å². The number of nitrogens with one attached hydrogen (secondary N) is 1. The van der Waals surface area contributed by atoms with Crippen molar-refractivity contribution in [1.29, 1.82) is 0 Å². The minimum atomic E-state index is -0.457. The molecule has 0 saturated heterocycles. The van der Waals surface area contributed by atoms with Crippen LogP contribution in [-0.4, -0.2) is 15.6 Å². The first-order valence-corrected chi connectivity index (χ1v) is 7.23. The monoisotopic (exact) mass is 320 g/mol. The van der Waals surface area contributed by atoms with Crippen LogP contribution >= 0.6 is 11.6 Å². The van der Waals surface area contributed by atoms with Crippen molar-refractivity contribution in [3.8, 4) is 5.75 Å². The molecule has 22 heavy (non-hydrogen) atoms. The molecule has 0 saturated carbocycles. The number of carbonyl (C=O) groups is 1. The largest absolute Gasteiger partial charge is 0.503 e. The molecule has 1 aromatic heterocycles. The van der Waals surface area contributed by atoms with Gasteiger partial charge in [0.2, 0.25) is 11.3 Å². The predicted molar refractivity (Wildman–Crippen MR) is 85.0 cm³/mol. The van der Waals surface area contributed by atoms with Crippen LogP contribution in [0.1, 0.15) is 17.7 Å². The van der Waals surface area contributed by atoms with Gasteiger partial charge in [-0.05, 0) is 24.1 Å². The highest BCUT2D eigenvalue weighted by atomic mass is 35.5. The summed E-state index contributed by atoms with van der Waals surface area (Å²) >= 11 is 5.89. The number of rotatable bonds is 5. The summed E-state index contributed by atoms with van der Waals surface area (Å²) in [5.74, 6) is -0.418. The van der Waals surface area contributed by atoms with Crippen molar-refractivity contribution in [2.45, 2.75) is 19.4 Å². The molecule has 0 fully saturated rings. The Kier molecular flexibility index (Phi) is 5.22. The molecule has 2 rings (SSSR count). The number of hydrogen-bond donors (Lipinski definition) is 2. The van der Waals surface area contributed by atoms with Gasteiger partial charge in [0, 0.05) is 36.4 Å². The first-order chi connectivity index (χ1) is 10.5. The van der Waals surface area contributed by atoms with E-state index >= 15 is 0 Å². The van der Waals surface area contributed by atoms with Gasteiger partial charge in [0.05, 0.1) is 6.54 Å². The fourth-order valence-corrected chi connectivity index (χ4v) is 2.27. The maximum atomic E-state index is 11.9. The number of aromatic nitrogens is 1. The van der Waals surface area contributed by atoms with Gasteiger partial charge in [-0.25, -0.2) is 0 Å². The number of pyridine rings is 1. The Morgan fingerprint density at radius 1 is 1.36 bits per heavy atom. The second-order valence-corrected chi connectivity index (χ2v) is 5.47. The van der Waals surface area contributed by atoms with Gasteiger partial charge in [-0.15, -0.1) is 0 Å². The summed E-state index contributed by atoms with van der Waals surface area (Å²) < 4.78 is 1.61. The van der Waals surface area contributed by atoms with Gasteiger partial charge in [-0.2, -0.15) is 0 Å². The highest BCUT2D eigenvalue weighted by Crippen LogP contribution is 2.12. The molecule has 0 aliphatic rings. The van der Waals surface area contributed by atoms with Gasteiger partial charge in [0.15, 0.2) is 5.75 Å². The standard InChI is InChI=1S/C16H17ClN2O3/c1-19-10-15(21)14(20)8-13(19)9-18-16(22)6-5-11-3-2-4-12(17)7-11/h2-4,7-8,10,21H,5-6,9H2,1H3,(H,18,22). The minimum absolute atomic E-state index is 0.111. The number of carbonyl (C=O) groups excluding carboxylic acids is 1. The van der Waals surface area contributed by atoms with Crippen LogP contribution in [-0.2, 0) is 24.8 Å². The van der Waals surface area contributed by atoms with Crippen molar-refractivity contribution in [2.24, 2.45) is 7.05 Å². The van der Waals surface area contributed by atoms with E-state index in [4.69, 9.17) is 11.6 Å². The van der Waals surface area contributed by atoms with Crippen LogP contribution in [0.5, 0.6) is 5.75 Å². The van der Waals surface area contributed by atoms with E-state index in [1.165, 1.54) is 12.3 Å². The molecule has 116 valence electrons. The molecule has 1 aromatic carbocycles. The van der Waals surface area contributed by atoms with Crippen LogP contribution < -0.4 is 10.7 Å². The fourth-order valence-electron chi connectivity index (χ4n) is 2.06. The molecule has 5 nitrogen and oxygen atoms in total. The number of benzene rings is 1. The van der Waals surface area contributed by atoms with Crippen molar-refractivity contribution >= 4 is 17.5 Å². The molecule has 0 spiro atoms. The highest BCUT2D eigenvalue weighted by Gasteiger charge is 2.06. The van der Waals surface area contributed by atoms with Gasteiger partial charge in [-0.1, -0.05) is 23.7 Å². The smallest absolute Gasteiger partial charge is 0.223 e. The quantitative estimate of drug-likeness (QED) is 0.885. The average molecular weight is 321 g/mol. The van der Waals surface area contributed by atoms with Gasteiger partial charge in [0.25, 0.3) is 0 Å². The Hall–Kier alpha value is -2.27. The minimum Gasteiger partial charge on any atom is -0.503 e. The summed E-state index contributed by atoms with van der Waals surface area (Å²) in [6.07, 6.45) is 2.27. The van der Waals surface area contributed by atoms with E-state index in [-0.39, 0.29) is 18.2 Å². The van der Waals surface area contributed by atoms with E-state index in [0.717, 1.165) is 5.56 Å². The maximum Gasteiger partial charge on any atom is 0.223 e. The van der Waals surface area contributed by atoms with Gasteiger partial charge >= 0.3 is 0 Å². The van der Waals surface area contributed by atoms with Crippen LogP contribution in [0.3, 0.4) is 0 Å². The molecule has 2 N–H and O–H groups in total. The van der Waals surface area contributed by atoms with Crippen LogP contribution in [0.15, 0.2) is 41.3 Å². The Morgan fingerprint density at radius 2 is 2.14 bits per heavy atom. The molecule has 1 heterocycles. The SMILES string of the molecule is Cn1cc(O)c(=O)cc1CNC(=O)CCc1cccc(Cl)c1. The Bertz CT molecular complexity index is 740. The van der Waals surface area contributed by atoms with E-state index in [2.05, 4.69) is 5.32 Å². The van der Waals surface area contributed by atoms with Crippen molar-refractivity contribution in [3.05, 3.63) is 63.0 Å². The third-order valence-electron chi connectivity index (χ3n) is 3.32. The van der Waals surface area contributed by atoms with Crippen LogP contribution in [0.25, 0.3) is 0 Å². The summed E-state index contributed by atoms with van der Waals surface area (Å²) in [6, 6.07) is 8.70. The maximum absolute atomic E-state index is 11.9. The summed E-state index contributed by atoms with van der Waals surface area (Å²) in [6.45, 7) is 0.237. The van der Waals surface area contributed by atoms with Crippen LogP contribution in [0, 0.1) is 0 Å². The average Bonchev–Trinajstić information content (AvgIpc) is 2.47. The summed E-state index contributed by atoms with van der Waals surface area (Å²) in [4.78, 5) is 23.2. The number of amides is 1. The molecule has 0 bridgehead atoms. The number of halogens is 1. The van der Waals surface area contributed by atoms with Crippen molar-refractivity contribution in [2.75, 3.05) is 0 Å². The van der Waals surface area contributed by atoms with E-state index in [9.17, 15) is 14.7 Å². The van der Waals surface area contributed by atoms with Gasteiger partial charge < -0.3 is 15.0 Å². The number of nitrogens with zero attached hydrogens (tertiary/aromatic N) is 1. The van der Waals surface area contributed by atoms with Gasteiger partial charge in [0.1, 0.15) is 0 Å². The lowest BCUT2D eigenvalue weighted by molar-refractivity contribution is -0.121. The van der Waals surface area contributed by atoms with Crippen molar-refractivity contribution < 1.29 is 9.90 Å². The molecule has 0 aliphatic heterocycles. The van der Waals surface area contributed by atoms with E-state index in [1.807, 2.05) is 18.2 Å². The second-order valence-electron chi connectivity index (χ2n) is 5.03. The summed E-state index contributed by atoms with van der Waals surface area (Å²) in [7, 11) is 1.70. The first kappa shape index (κ1) is 16.1. The predicted octanol–water partition coefficient (Wildman–Crippen LogP) is 1.99. The highest BCUT2D eigenvalue weighted by molar-refractivity contribution is 6.30. The van der Waals surface area contributed by atoms with E-state index < -0.39 is 5.43 Å². The molecule has 0 atom stereocenters. The van der Waals surface area contributed by atoms with Crippen molar-refractivity contribution in [3.63, 3.8) is 0 Å². The molecule has 0 radical (unpaired) electrons. The summed E-state index contributed by atoms with van der Waals surface area (Å²) in [5, 5.41) is 12.7. The molecule has 0 aliphatic carbocycles. The topological polar surface area (TPSA) is 71.3 Å². The number of hydrogen-bond acceptors (Lipinski definition) is 3. The van der Waals surface area contributed by atoms with E-state index in [1.54, 1.807) is 17.7 Å². The first-order valence-electron chi connectivity index (χ1n) is 6.85. The van der Waals surface area contributed by atoms with Gasteiger partial charge in [-0.3, -0.25) is 9.59 Å². The molecule has 2 aromatic rings. The lowest BCUT2D eigenvalue weighted by Crippen LogP contribution is -2.25. The zero-order valence-electron chi connectivity index (χ0n) is 12.2. The van der Waals surface area contributed by atoms with E-state index in [0.29, 0.717) is 23.6 Å². The van der Waals surface area contributed by atoms with Crippen molar-refractivity contribution in [1.82, 2.24) is 9.88 Å². The second kappa shape index (κ2) is 7.13. The number of aryl methyl sites for hydroxylation is 2. The molecular formula is C16H17ClN2O3. The lowest BCUT2D eigenvalue weighted by Gasteiger charge is -2.10. The third kappa shape index (κ3) is 4.36. The zero-order chi connectivity index (χ0) is 16.1. The number of aromatic hydroxyl groups is 1. The molecule has 0 unspecified atom stereocenters. The lowest BCUT2D eigenvalue weighted by atomic mass is 10.1. The zero-order valence-corrected chi connectivity index (χ0v) is 12.9.